The van der Waals surface area contributed by atoms with E-state index < -0.39 is 4.92 Å². The van der Waals surface area contributed by atoms with E-state index in [1.165, 1.54) is 21.7 Å². The Kier molecular flexibility index (Phi) is 5.68. The van der Waals surface area contributed by atoms with Crippen molar-refractivity contribution in [1.29, 1.82) is 0 Å². The number of piperazine rings is 1. The monoisotopic (exact) mass is 413 g/mol. The van der Waals surface area contributed by atoms with Crippen molar-refractivity contribution in [2.45, 2.75) is 6.54 Å². The lowest BCUT2D eigenvalue weighted by Crippen LogP contribution is -3.13. The summed E-state index contributed by atoms with van der Waals surface area (Å²) < 4.78 is 6.62. The number of hydrogen-bond donors (Lipinski definition) is 1. The van der Waals surface area contributed by atoms with Crippen molar-refractivity contribution in [2.75, 3.05) is 32.8 Å². The van der Waals surface area contributed by atoms with Gasteiger partial charge in [-0.25, -0.2) is 4.98 Å². The first-order valence-corrected chi connectivity index (χ1v) is 10.2. The molecule has 0 atom stereocenters. The van der Waals surface area contributed by atoms with Crippen molar-refractivity contribution in [1.82, 2.24) is 9.88 Å². The highest BCUT2D eigenvalue weighted by molar-refractivity contribution is 7.18. The summed E-state index contributed by atoms with van der Waals surface area (Å²) in [5.74, 6) is -0.0341. The van der Waals surface area contributed by atoms with Crippen LogP contribution in [-0.2, 0) is 11.3 Å². The number of rotatable bonds is 6. The van der Waals surface area contributed by atoms with Crippen LogP contribution in [0.25, 0.3) is 10.2 Å². The molecule has 8 nitrogen and oxygen atoms in total. The van der Waals surface area contributed by atoms with E-state index in [1.807, 2.05) is 18.2 Å². The average Bonchev–Trinajstić information content (AvgIpc) is 3.15. The molecular weight excluding hydrogens is 392 g/mol. The molecule has 0 saturated carbocycles. The minimum absolute atomic E-state index is 0.117. The molecule has 0 aliphatic carbocycles. The molecule has 1 aliphatic heterocycles. The number of benzene rings is 2. The highest BCUT2D eigenvalue weighted by Gasteiger charge is 2.25. The number of fused-ring (bicyclic) bond motifs is 1. The van der Waals surface area contributed by atoms with E-state index in [4.69, 9.17) is 4.74 Å². The normalized spacial score (nSPS) is 14.8. The first-order valence-electron chi connectivity index (χ1n) is 9.42. The molecule has 0 unspecified atom stereocenters. The fraction of sp³-hybridized carbons (Fsp3) is 0.300. The standard InChI is InChI=1S/C20H20N4O4S/c25-20(14-28-17-7-3-2-6-16(17)24(26)27)23-11-9-22(10-12-23)13-19-21-15-5-1-4-8-18(15)29-19/h1-8H,9-14H2/p+1. The topological polar surface area (TPSA) is 90.0 Å². The lowest BCUT2D eigenvalue weighted by atomic mass is 10.3. The maximum Gasteiger partial charge on any atom is 0.310 e. The smallest absolute Gasteiger partial charge is 0.310 e. The first-order chi connectivity index (χ1) is 14.1. The highest BCUT2D eigenvalue weighted by Crippen LogP contribution is 2.25. The van der Waals surface area contributed by atoms with Gasteiger partial charge in [0.25, 0.3) is 5.91 Å². The average molecular weight is 413 g/mol. The first kappa shape index (κ1) is 19.3. The summed E-state index contributed by atoms with van der Waals surface area (Å²) in [6.07, 6.45) is 0. The molecule has 150 valence electrons. The predicted octanol–water partition coefficient (Wildman–Crippen LogP) is 1.51. The number of quaternary nitrogens is 1. The number of carbonyl (C=O) groups excluding carboxylic acids is 1. The maximum atomic E-state index is 12.4. The third-order valence-electron chi connectivity index (χ3n) is 4.98. The molecule has 9 heteroatoms. The SMILES string of the molecule is O=C(COc1ccccc1[N+](=O)[O-])N1CC[NH+](Cc2nc3ccccc3s2)CC1. The van der Waals surface area contributed by atoms with Gasteiger partial charge in [-0.2, -0.15) is 0 Å². The molecule has 4 rings (SSSR count). The summed E-state index contributed by atoms with van der Waals surface area (Å²) in [5, 5.41) is 12.1. The van der Waals surface area contributed by atoms with Crippen molar-refractivity contribution in [3.8, 4) is 5.75 Å². The number of nitrogens with one attached hydrogen (secondary N) is 1. The number of carbonyl (C=O) groups is 1. The molecule has 1 saturated heterocycles. The molecule has 0 spiro atoms. The number of nitrogens with zero attached hydrogens (tertiary/aromatic N) is 3. The van der Waals surface area contributed by atoms with Crippen LogP contribution in [0.5, 0.6) is 5.75 Å². The maximum absolute atomic E-state index is 12.4. The van der Waals surface area contributed by atoms with Crippen LogP contribution in [0.4, 0.5) is 5.69 Å². The Hall–Kier alpha value is -3.04. The number of hydrogen-bond acceptors (Lipinski definition) is 6. The Morgan fingerprint density at radius 3 is 2.66 bits per heavy atom. The summed E-state index contributed by atoms with van der Waals surface area (Å²) in [6.45, 7) is 3.62. The van der Waals surface area contributed by atoms with Crippen LogP contribution in [0.3, 0.4) is 0 Å². The van der Waals surface area contributed by atoms with E-state index in [1.54, 1.807) is 28.4 Å². The van der Waals surface area contributed by atoms with Crippen molar-refractivity contribution >= 4 is 33.1 Å². The molecule has 29 heavy (non-hydrogen) atoms. The molecule has 2 aromatic carbocycles. The van der Waals surface area contributed by atoms with Gasteiger partial charge in [0.2, 0.25) is 0 Å². The second kappa shape index (κ2) is 8.54. The van der Waals surface area contributed by atoms with Crippen LogP contribution >= 0.6 is 11.3 Å². The molecule has 0 radical (unpaired) electrons. The van der Waals surface area contributed by atoms with Crippen LogP contribution in [-0.4, -0.2) is 53.5 Å². The molecule has 2 heterocycles. The highest BCUT2D eigenvalue weighted by atomic mass is 32.1. The van der Waals surface area contributed by atoms with Gasteiger partial charge in [-0.3, -0.25) is 14.9 Å². The largest absolute Gasteiger partial charge is 0.477 e. The summed E-state index contributed by atoms with van der Waals surface area (Å²) in [5.41, 5.74) is 0.901. The van der Waals surface area contributed by atoms with Gasteiger partial charge in [-0.05, 0) is 18.2 Å². The van der Waals surface area contributed by atoms with Crippen LogP contribution in [0.15, 0.2) is 48.5 Å². The fourth-order valence-corrected chi connectivity index (χ4v) is 4.46. The third kappa shape index (κ3) is 4.52. The minimum atomic E-state index is -0.510. The third-order valence-corrected chi connectivity index (χ3v) is 6.01. The van der Waals surface area contributed by atoms with Crippen LogP contribution in [0.2, 0.25) is 0 Å². The van der Waals surface area contributed by atoms with Crippen molar-refractivity contribution in [3.05, 3.63) is 63.7 Å². The van der Waals surface area contributed by atoms with Crippen molar-refractivity contribution in [3.63, 3.8) is 0 Å². The molecule has 3 aromatic rings. The zero-order valence-electron chi connectivity index (χ0n) is 15.7. The molecule has 0 bridgehead atoms. The van der Waals surface area contributed by atoms with E-state index in [-0.39, 0.29) is 24.0 Å². The molecule has 1 N–H and O–H groups in total. The number of para-hydroxylation sites is 3. The number of nitro benzene ring substituents is 1. The summed E-state index contributed by atoms with van der Waals surface area (Å²) in [4.78, 5) is 30.8. The zero-order valence-corrected chi connectivity index (χ0v) is 16.6. The minimum Gasteiger partial charge on any atom is -0.477 e. The molecule has 1 aliphatic rings. The zero-order chi connectivity index (χ0) is 20.2. The van der Waals surface area contributed by atoms with E-state index >= 15 is 0 Å². The Morgan fingerprint density at radius 1 is 1.17 bits per heavy atom. The predicted molar refractivity (Wildman–Crippen MR) is 109 cm³/mol. The summed E-state index contributed by atoms with van der Waals surface area (Å²) in [7, 11) is 0. The summed E-state index contributed by atoms with van der Waals surface area (Å²) >= 11 is 1.72. The van der Waals surface area contributed by atoms with E-state index in [0.717, 1.165) is 30.2 Å². The van der Waals surface area contributed by atoms with Crippen molar-refractivity contribution in [2.24, 2.45) is 0 Å². The number of ether oxygens (including phenoxy) is 1. The Balaban J connectivity index is 1.28. The van der Waals surface area contributed by atoms with Gasteiger partial charge in [-0.1, -0.05) is 24.3 Å². The lowest BCUT2D eigenvalue weighted by molar-refractivity contribution is -0.917. The second-order valence-corrected chi connectivity index (χ2v) is 8.01. The van der Waals surface area contributed by atoms with Gasteiger partial charge < -0.3 is 14.5 Å². The van der Waals surface area contributed by atoms with Crippen LogP contribution in [0, 0.1) is 10.1 Å². The van der Waals surface area contributed by atoms with Gasteiger partial charge in [0.1, 0.15) is 11.6 Å². The number of nitro groups is 1. The lowest BCUT2D eigenvalue weighted by Gasteiger charge is -2.31. The number of amides is 1. The Morgan fingerprint density at radius 2 is 1.90 bits per heavy atom. The van der Waals surface area contributed by atoms with Crippen LogP contribution in [0.1, 0.15) is 5.01 Å². The van der Waals surface area contributed by atoms with Gasteiger partial charge >= 0.3 is 5.69 Å². The van der Waals surface area contributed by atoms with Gasteiger partial charge in [0.05, 0.1) is 41.3 Å². The molecule has 1 fully saturated rings. The number of thiazole rings is 1. The van der Waals surface area contributed by atoms with E-state index in [0.29, 0.717) is 13.1 Å². The van der Waals surface area contributed by atoms with Gasteiger partial charge in [-0.15, -0.1) is 11.3 Å². The van der Waals surface area contributed by atoms with E-state index in [2.05, 4.69) is 11.1 Å². The number of aromatic nitrogens is 1. The van der Waals surface area contributed by atoms with Gasteiger partial charge in [0, 0.05) is 6.07 Å². The Bertz CT molecular complexity index is 997. The molecule has 1 aromatic heterocycles. The fourth-order valence-electron chi connectivity index (χ4n) is 3.42. The second-order valence-electron chi connectivity index (χ2n) is 6.90. The van der Waals surface area contributed by atoms with E-state index in [9.17, 15) is 14.9 Å². The van der Waals surface area contributed by atoms with Crippen LogP contribution < -0.4 is 9.64 Å². The quantitative estimate of drug-likeness (QED) is 0.489. The van der Waals surface area contributed by atoms with Gasteiger partial charge in [0.15, 0.2) is 12.4 Å². The van der Waals surface area contributed by atoms with Crippen molar-refractivity contribution < 1.29 is 19.4 Å². The summed E-state index contributed by atoms with van der Waals surface area (Å²) in [6, 6.07) is 14.2. The molecular formula is C20H21N4O4S+. The Labute approximate surface area is 171 Å². The molecule has 1 amide bonds.